The molecule has 190 valence electrons. The maximum Gasteiger partial charge on any atom is 0.414 e. The third-order valence-electron chi connectivity index (χ3n) is 7.14. The highest BCUT2D eigenvalue weighted by atomic mass is 32.2. The molecule has 2 aromatic carbocycles. The Morgan fingerprint density at radius 2 is 1.95 bits per heavy atom. The van der Waals surface area contributed by atoms with Crippen LogP contribution in [-0.4, -0.2) is 52.1 Å². The lowest BCUT2D eigenvalue weighted by atomic mass is 9.80. The van der Waals surface area contributed by atoms with Crippen molar-refractivity contribution in [1.29, 1.82) is 0 Å². The van der Waals surface area contributed by atoms with Crippen LogP contribution >= 0.6 is 11.8 Å². The summed E-state index contributed by atoms with van der Waals surface area (Å²) in [6.45, 7) is -0.153. The number of aliphatic hydroxyl groups excluding tert-OH is 1. The average molecular weight is 525 g/mol. The van der Waals surface area contributed by atoms with Crippen molar-refractivity contribution in [3.05, 3.63) is 64.2 Å². The lowest BCUT2D eigenvalue weighted by molar-refractivity contribution is -0.129. The number of thioether (sulfide) groups is 1. The molecule has 10 nitrogen and oxygen atoms in total. The van der Waals surface area contributed by atoms with Crippen molar-refractivity contribution in [3.63, 3.8) is 0 Å². The summed E-state index contributed by atoms with van der Waals surface area (Å²) in [6.07, 6.45) is -3.46. The molecule has 3 unspecified atom stereocenters. The van der Waals surface area contributed by atoms with Crippen molar-refractivity contribution in [2.24, 2.45) is 11.7 Å². The highest BCUT2D eigenvalue weighted by molar-refractivity contribution is 8.00. The van der Waals surface area contributed by atoms with E-state index in [1.807, 2.05) is 0 Å². The summed E-state index contributed by atoms with van der Waals surface area (Å²) in [5.41, 5.74) is 6.81. The van der Waals surface area contributed by atoms with Crippen LogP contribution in [0.15, 0.2) is 52.2 Å². The number of rotatable bonds is 5. The summed E-state index contributed by atoms with van der Waals surface area (Å²) in [5.74, 6) is -3.65. The number of fused-ring (bicyclic) bond motifs is 1. The number of aliphatic hydroxyl groups is 1. The van der Waals surface area contributed by atoms with E-state index in [9.17, 15) is 24.3 Å². The van der Waals surface area contributed by atoms with E-state index in [-0.39, 0.29) is 30.1 Å². The van der Waals surface area contributed by atoms with Crippen molar-refractivity contribution in [2.75, 3.05) is 22.5 Å². The molecule has 3 aliphatic heterocycles. The lowest BCUT2D eigenvalue weighted by Crippen LogP contribution is -2.46. The first-order valence-corrected chi connectivity index (χ1v) is 12.6. The van der Waals surface area contributed by atoms with Gasteiger partial charge in [-0.2, -0.15) is 0 Å². The van der Waals surface area contributed by atoms with Crippen LogP contribution in [0.5, 0.6) is 0 Å². The van der Waals surface area contributed by atoms with E-state index in [0.717, 1.165) is 4.90 Å². The Balaban J connectivity index is 1.30. The van der Waals surface area contributed by atoms with E-state index in [0.29, 0.717) is 28.0 Å². The Kier molecular flexibility index (Phi) is 5.46. The summed E-state index contributed by atoms with van der Waals surface area (Å²) in [6, 6.07) is 10.8. The first-order valence-electron chi connectivity index (χ1n) is 11.6. The van der Waals surface area contributed by atoms with Crippen LogP contribution in [0.4, 0.5) is 20.6 Å². The number of nitrogens with one attached hydrogen (secondary N) is 1. The Hall–Kier alpha value is -3.90. The number of carbonyl (C=O) groups excluding carboxylic acids is 3. The third kappa shape index (κ3) is 3.75. The summed E-state index contributed by atoms with van der Waals surface area (Å²) in [4.78, 5) is 51.8. The van der Waals surface area contributed by atoms with Gasteiger partial charge in [0, 0.05) is 34.7 Å². The monoisotopic (exact) mass is 524 g/mol. The second-order valence-electron chi connectivity index (χ2n) is 9.26. The van der Waals surface area contributed by atoms with Gasteiger partial charge in [-0.05, 0) is 41.8 Å². The fraction of sp³-hybridized carbons (Fsp3) is 0.280. The topological polar surface area (TPSA) is 144 Å². The largest absolute Gasteiger partial charge is 0.441 e. The van der Waals surface area contributed by atoms with Crippen LogP contribution < -0.4 is 21.5 Å². The predicted octanol–water partition coefficient (Wildman–Crippen LogP) is 1.77. The van der Waals surface area contributed by atoms with Crippen LogP contribution in [-0.2, 0) is 20.9 Å². The minimum absolute atomic E-state index is 0.0519. The molecule has 6 rings (SSSR count). The molecule has 0 spiro atoms. The molecular weight excluding hydrogens is 503 g/mol. The van der Waals surface area contributed by atoms with Crippen LogP contribution in [0.25, 0.3) is 10.9 Å². The second-order valence-corrected chi connectivity index (χ2v) is 10.3. The normalized spacial score (nSPS) is 21.9. The number of anilines is 2. The molecule has 12 heteroatoms. The zero-order valence-electron chi connectivity index (χ0n) is 19.2. The summed E-state index contributed by atoms with van der Waals surface area (Å²) in [7, 11) is 0. The molecule has 1 aromatic heterocycles. The number of halogens is 1. The highest BCUT2D eigenvalue weighted by Crippen LogP contribution is 2.42. The highest BCUT2D eigenvalue weighted by Gasteiger charge is 2.47. The lowest BCUT2D eigenvalue weighted by Gasteiger charge is -2.28. The first-order chi connectivity index (χ1) is 17.7. The first kappa shape index (κ1) is 23.5. The molecule has 0 saturated carbocycles. The number of ether oxygens (including phenoxy) is 1. The van der Waals surface area contributed by atoms with Crippen molar-refractivity contribution in [1.82, 2.24) is 4.57 Å². The summed E-state index contributed by atoms with van der Waals surface area (Å²) in [5, 5.41) is 14.6. The number of carbonyl (C=O) groups is 3. The molecule has 0 bridgehead atoms. The van der Waals surface area contributed by atoms with Gasteiger partial charge in [0.2, 0.25) is 11.8 Å². The number of amides is 3. The maximum atomic E-state index is 15.0. The van der Waals surface area contributed by atoms with Crippen molar-refractivity contribution >= 4 is 51.9 Å². The number of hydrogen-bond acceptors (Lipinski definition) is 7. The summed E-state index contributed by atoms with van der Waals surface area (Å²) >= 11 is 1.38. The molecule has 4 N–H and O–H groups in total. The van der Waals surface area contributed by atoms with E-state index < -0.39 is 41.9 Å². The number of benzene rings is 2. The Morgan fingerprint density at radius 3 is 2.73 bits per heavy atom. The van der Waals surface area contributed by atoms with Gasteiger partial charge >= 0.3 is 6.09 Å². The minimum atomic E-state index is -1.57. The zero-order valence-corrected chi connectivity index (χ0v) is 20.0. The molecule has 4 heterocycles. The number of nitrogens with zero attached hydrogens (tertiary/aromatic N) is 2. The number of aromatic nitrogens is 1. The molecular formula is C25H21FN4O6S. The molecule has 3 aromatic rings. The van der Waals surface area contributed by atoms with E-state index in [4.69, 9.17) is 10.5 Å². The fourth-order valence-corrected chi connectivity index (χ4v) is 6.25. The van der Waals surface area contributed by atoms with Gasteiger partial charge in [-0.3, -0.25) is 19.3 Å². The molecule has 4 atom stereocenters. The average Bonchev–Trinajstić information content (AvgIpc) is 3.45. The van der Waals surface area contributed by atoms with Crippen molar-refractivity contribution in [2.45, 2.75) is 29.6 Å². The smallest absolute Gasteiger partial charge is 0.414 e. The van der Waals surface area contributed by atoms with Crippen LogP contribution in [0.1, 0.15) is 11.5 Å². The molecule has 1 fully saturated rings. The maximum absolute atomic E-state index is 15.0. The molecule has 0 radical (unpaired) electrons. The van der Waals surface area contributed by atoms with Crippen molar-refractivity contribution < 1.29 is 28.6 Å². The van der Waals surface area contributed by atoms with Crippen LogP contribution in [0.2, 0.25) is 0 Å². The fourth-order valence-electron chi connectivity index (χ4n) is 5.46. The SMILES string of the molecule is NC(=O)C(C(O)C1CN(c2ccc3c(c2)NC(=O)CS3)C(=O)O1)[C@@H]1Cn2c(=O)ccc3ccc(F)c1c32. The van der Waals surface area contributed by atoms with Gasteiger partial charge in [-0.15, -0.1) is 11.8 Å². The van der Waals surface area contributed by atoms with Gasteiger partial charge in [-0.25, -0.2) is 9.18 Å². The predicted molar refractivity (Wildman–Crippen MR) is 133 cm³/mol. The van der Waals surface area contributed by atoms with Gasteiger partial charge < -0.3 is 25.5 Å². The molecule has 37 heavy (non-hydrogen) atoms. The van der Waals surface area contributed by atoms with E-state index in [2.05, 4.69) is 5.32 Å². The number of hydrogen-bond donors (Lipinski definition) is 3. The number of pyridine rings is 1. The van der Waals surface area contributed by atoms with E-state index >= 15 is 4.39 Å². The molecule has 1 saturated heterocycles. The van der Waals surface area contributed by atoms with Gasteiger partial charge in [0.1, 0.15) is 18.0 Å². The number of nitrogens with two attached hydrogens (primary N) is 1. The minimum Gasteiger partial charge on any atom is -0.441 e. The van der Waals surface area contributed by atoms with Gasteiger partial charge in [0.15, 0.2) is 0 Å². The van der Waals surface area contributed by atoms with Gasteiger partial charge in [0.05, 0.1) is 29.4 Å². The molecule has 0 aliphatic carbocycles. The Morgan fingerprint density at radius 1 is 1.16 bits per heavy atom. The van der Waals surface area contributed by atoms with Gasteiger partial charge in [-0.1, -0.05) is 0 Å². The quantitative estimate of drug-likeness (QED) is 0.461. The second kappa shape index (κ2) is 8.60. The third-order valence-corrected chi connectivity index (χ3v) is 8.21. The Bertz CT molecular complexity index is 1560. The summed E-state index contributed by atoms with van der Waals surface area (Å²) < 4.78 is 21.8. The number of cyclic esters (lactones) is 1. The molecule has 3 aliphatic rings. The Labute approximate surface area is 213 Å². The number of primary amides is 1. The van der Waals surface area contributed by atoms with Crippen LogP contribution in [0, 0.1) is 11.7 Å². The van der Waals surface area contributed by atoms with Gasteiger partial charge in [0.25, 0.3) is 5.56 Å². The van der Waals surface area contributed by atoms with E-state index in [1.54, 1.807) is 30.3 Å². The van der Waals surface area contributed by atoms with Crippen molar-refractivity contribution in [3.8, 4) is 0 Å². The zero-order chi connectivity index (χ0) is 26.0. The molecule has 3 amide bonds. The standard InChI is InChI=1S/C25H21FN4O6S/c26-14-4-1-11-2-6-19(32)30-8-13(20(14)22(11)30)21(24(27)34)23(33)16-9-29(25(35)36-16)12-3-5-17-15(7-12)28-18(31)10-37-17/h1-7,13,16,21,23,33H,8-10H2,(H2,27,34)(H,28,31)/t13-,16?,21?,23?/m1/s1. The van der Waals surface area contributed by atoms with Crippen LogP contribution in [0.3, 0.4) is 0 Å². The van der Waals surface area contributed by atoms with E-state index in [1.165, 1.54) is 33.4 Å².